The first-order chi connectivity index (χ1) is 12.1. The summed E-state index contributed by atoms with van der Waals surface area (Å²) in [6, 6.07) is 10.3. The van der Waals surface area contributed by atoms with E-state index in [0.717, 1.165) is 49.4 Å². The Bertz CT molecular complexity index is 694. The molecule has 4 nitrogen and oxygen atoms in total. The number of hydrogen-bond acceptors (Lipinski definition) is 4. The molecule has 1 N–H and O–H groups in total. The van der Waals surface area contributed by atoms with E-state index in [4.69, 9.17) is 4.74 Å². The summed E-state index contributed by atoms with van der Waals surface area (Å²) in [6.07, 6.45) is 2.44. The second kappa shape index (κ2) is 8.61. The van der Waals surface area contributed by atoms with Crippen LogP contribution in [-0.2, 0) is 16.1 Å². The molecule has 0 unspecified atom stereocenters. The van der Waals surface area contributed by atoms with Crippen LogP contribution >= 0.6 is 11.3 Å². The lowest BCUT2D eigenvalue weighted by Crippen LogP contribution is -2.37. The lowest BCUT2D eigenvalue weighted by atomic mass is 10.1. The number of ether oxygens (including phenoxy) is 1. The highest BCUT2D eigenvalue weighted by molar-refractivity contribution is 7.09. The van der Waals surface area contributed by atoms with Gasteiger partial charge in [0, 0.05) is 30.3 Å². The van der Waals surface area contributed by atoms with E-state index in [1.54, 1.807) is 11.3 Å². The van der Waals surface area contributed by atoms with Crippen LogP contribution in [0, 0.1) is 13.8 Å². The van der Waals surface area contributed by atoms with E-state index in [1.807, 2.05) is 26.0 Å². The maximum atomic E-state index is 12.6. The van der Waals surface area contributed by atoms with Crippen molar-refractivity contribution in [3.05, 3.63) is 51.7 Å². The minimum atomic E-state index is 0.0308. The highest BCUT2D eigenvalue weighted by atomic mass is 32.1. The zero-order chi connectivity index (χ0) is 17.6. The number of anilines is 1. The summed E-state index contributed by atoms with van der Waals surface area (Å²) in [7, 11) is 0. The van der Waals surface area contributed by atoms with Gasteiger partial charge in [-0.15, -0.1) is 11.3 Å². The van der Waals surface area contributed by atoms with Gasteiger partial charge < -0.3 is 10.1 Å². The molecule has 1 aromatic heterocycles. The first kappa shape index (κ1) is 18.1. The van der Waals surface area contributed by atoms with Gasteiger partial charge in [-0.2, -0.15) is 0 Å². The molecular formula is C20H26N2O2S. The zero-order valence-corrected chi connectivity index (χ0v) is 15.8. The van der Waals surface area contributed by atoms with Crippen molar-refractivity contribution in [3.8, 4) is 0 Å². The van der Waals surface area contributed by atoms with Gasteiger partial charge >= 0.3 is 0 Å². The van der Waals surface area contributed by atoms with Crippen LogP contribution in [0.4, 0.5) is 5.69 Å². The summed E-state index contributed by atoms with van der Waals surface area (Å²) in [5, 5.41) is 5.15. The number of nitrogens with zero attached hydrogens (tertiary/aromatic N) is 1. The van der Waals surface area contributed by atoms with Gasteiger partial charge in [0.2, 0.25) is 5.91 Å². The number of amides is 1. The van der Waals surface area contributed by atoms with Crippen LogP contribution in [0.15, 0.2) is 35.7 Å². The summed E-state index contributed by atoms with van der Waals surface area (Å²) in [5.74, 6) is 0.0308. The Labute approximate surface area is 153 Å². The van der Waals surface area contributed by atoms with Crippen molar-refractivity contribution in [2.24, 2.45) is 0 Å². The van der Waals surface area contributed by atoms with Crippen LogP contribution in [0.2, 0.25) is 0 Å². The summed E-state index contributed by atoms with van der Waals surface area (Å²) >= 11 is 1.73. The fourth-order valence-corrected chi connectivity index (χ4v) is 3.89. The predicted octanol–water partition coefficient (Wildman–Crippen LogP) is 3.98. The van der Waals surface area contributed by atoms with Crippen LogP contribution < -0.4 is 5.32 Å². The minimum Gasteiger partial charge on any atom is -0.377 e. The van der Waals surface area contributed by atoms with Crippen LogP contribution in [0.3, 0.4) is 0 Å². The maximum absolute atomic E-state index is 12.6. The SMILES string of the molecule is Cc1ccc(C)c(NC(=O)CN(Cc2cccs2)C[C@H]2CCCO2)c1. The molecule has 0 bridgehead atoms. The van der Waals surface area contributed by atoms with Gasteiger partial charge in [-0.1, -0.05) is 18.2 Å². The summed E-state index contributed by atoms with van der Waals surface area (Å²) in [5.41, 5.74) is 3.14. The number of benzene rings is 1. The van der Waals surface area contributed by atoms with Gasteiger partial charge in [0.05, 0.1) is 12.6 Å². The third-order valence-electron chi connectivity index (χ3n) is 4.48. The Morgan fingerprint density at radius 3 is 2.96 bits per heavy atom. The number of carbonyl (C=O) groups is 1. The van der Waals surface area contributed by atoms with Crippen LogP contribution in [0.5, 0.6) is 0 Å². The van der Waals surface area contributed by atoms with Gasteiger partial charge in [-0.05, 0) is 55.3 Å². The molecule has 25 heavy (non-hydrogen) atoms. The van der Waals surface area contributed by atoms with Crippen molar-refractivity contribution in [3.63, 3.8) is 0 Å². The molecule has 1 aliphatic heterocycles. The van der Waals surface area contributed by atoms with E-state index in [1.165, 1.54) is 4.88 Å². The molecule has 1 saturated heterocycles. The average molecular weight is 359 g/mol. The van der Waals surface area contributed by atoms with E-state index in [-0.39, 0.29) is 12.0 Å². The number of thiophene rings is 1. The van der Waals surface area contributed by atoms with Crippen molar-refractivity contribution >= 4 is 22.9 Å². The molecular weight excluding hydrogens is 332 g/mol. The molecule has 1 amide bonds. The topological polar surface area (TPSA) is 41.6 Å². The quantitative estimate of drug-likeness (QED) is 0.814. The fourth-order valence-electron chi connectivity index (χ4n) is 3.15. The van der Waals surface area contributed by atoms with E-state index in [2.05, 4.69) is 33.8 Å². The molecule has 2 heterocycles. The second-order valence-electron chi connectivity index (χ2n) is 6.75. The first-order valence-corrected chi connectivity index (χ1v) is 9.71. The fraction of sp³-hybridized carbons (Fsp3) is 0.450. The van der Waals surface area contributed by atoms with Crippen molar-refractivity contribution in [2.45, 2.75) is 39.3 Å². The predicted molar refractivity (Wildman–Crippen MR) is 103 cm³/mol. The van der Waals surface area contributed by atoms with Crippen molar-refractivity contribution in [2.75, 3.05) is 25.0 Å². The van der Waals surface area contributed by atoms with Gasteiger partial charge in [0.1, 0.15) is 0 Å². The Kier molecular flexibility index (Phi) is 6.24. The number of aryl methyl sites for hydroxylation is 2. The standard InChI is InChI=1S/C20H26N2O2S/c1-15-7-8-16(2)19(11-15)21-20(23)14-22(12-17-5-3-9-24-17)13-18-6-4-10-25-18/h4,6-8,10-11,17H,3,5,9,12-14H2,1-2H3,(H,21,23)/t17-/m1/s1. The van der Waals surface area contributed by atoms with Gasteiger partial charge in [0.25, 0.3) is 0 Å². The first-order valence-electron chi connectivity index (χ1n) is 8.83. The Hall–Kier alpha value is -1.69. The van der Waals surface area contributed by atoms with Gasteiger partial charge in [0.15, 0.2) is 0 Å². The van der Waals surface area contributed by atoms with Crippen LogP contribution in [0.1, 0.15) is 28.8 Å². The second-order valence-corrected chi connectivity index (χ2v) is 7.78. The van der Waals surface area contributed by atoms with E-state index < -0.39 is 0 Å². The number of hydrogen-bond donors (Lipinski definition) is 1. The molecule has 1 aliphatic rings. The van der Waals surface area contributed by atoms with Crippen molar-refractivity contribution < 1.29 is 9.53 Å². The molecule has 134 valence electrons. The Morgan fingerprint density at radius 1 is 1.36 bits per heavy atom. The molecule has 3 rings (SSSR count). The molecule has 0 spiro atoms. The Balaban J connectivity index is 1.63. The van der Waals surface area contributed by atoms with Crippen molar-refractivity contribution in [1.82, 2.24) is 4.90 Å². The molecule has 2 aromatic rings. The maximum Gasteiger partial charge on any atom is 0.238 e. The van der Waals surface area contributed by atoms with Gasteiger partial charge in [-0.3, -0.25) is 9.69 Å². The Morgan fingerprint density at radius 2 is 2.24 bits per heavy atom. The molecule has 0 saturated carbocycles. The molecule has 5 heteroatoms. The highest BCUT2D eigenvalue weighted by Crippen LogP contribution is 2.19. The monoisotopic (exact) mass is 358 g/mol. The van der Waals surface area contributed by atoms with Crippen LogP contribution in [-0.4, -0.2) is 36.6 Å². The zero-order valence-electron chi connectivity index (χ0n) is 15.0. The summed E-state index contributed by atoms with van der Waals surface area (Å²) in [4.78, 5) is 16.1. The number of nitrogens with one attached hydrogen (secondary N) is 1. The normalized spacial score (nSPS) is 17.2. The highest BCUT2D eigenvalue weighted by Gasteiger charge is 2.21. The molecule has 0 radical (unpaired) electrons. The van der Waals surface area contributed by atoms with E-state index in [9.17, 15) is 4.79 Å². The smallest absolute Gasteiger partial charge is 0.238 e. The number of rotatable bonds is 7. The van der Waals surface area contributed by atoms with Crippen molar-refractivity contribution in [1.29, 1.82) is 0 Å². The third-order valence-corrected chi connectivity index (χ3v) is 5.34. The number of carbonyl (C=O) groups excluding carboxylic acids is 1. The lowest BCUT2D eigenvalue weighted by Gasteiger charge is -2.24. The van der Waals surface area contributed by atoms with Crippen LogP contribution in [0.25, 0.3) is 0 Å². The molecule has 1 aromatic carbocycles. The average Bonchev–Trinajstić information content (AvgIpc) is 3.25. The van der Waals surface area contributed by atoms with Gasteiger partial charge in [-0.25, -0.2) is 0 Å². The lowest BCUT2D eigenvalue weighted by molar-refractivity contribution is -0.117. The van der Waals surface area contributed by atoms with E-state index in [0.29, 0.717) is 6.54 Å². The van der Waals surface area contributed by atoms with E-state index >= 15 is 0 Å². The molecule has 1 atom stereocenters. The third kappa shape index (κ3) is 5.39. The molecule has 0 aliphatic carbocycles. The summed E-state index contributed by atoms with van der Waals surface area (Å²) < 4.78 is 5.77. The largest absolute Gasteiger partial charge is 0.377 e. The minimum absolute atomic E-state index is 0.0308. The summed E-state index contributed by atoms with van der Waals surface area (Å²) in [6.45, 7) is 6.87. The molecule has 1 fully saturated rings.